The summed E-state index contributed by atoms with van der Waals surface area (Å²) in [6, 6.07) is 14.2. The minimum absolute atomic E-state index is 0.277. The molecule has 0 amide bonds. The minimum Gasteiger partial charge on any atom is -0.378 e. The maximum atomic E-state index is 10.1. The lowest BCUT2D eigenvalue weighted by Crippen LogP contribution is -2.29. The van der Waals surface area contributed by atoms with Gasteiger partial charge in [0, 0.05) is 24.0 Å². The van der Waals surface area contributed by atoms with Crippen molar-refractivity contribution < 1.29 is 4.74 Å². The first-order chi connectivity index (χ1) is 11.7. The summed E-state index contributed by atoms with van der Waals surface area (Å²) >= 11 is 6.03. The Kier molecular flexibility index (Phi) is 5.50. The monoisotopic (exact) mass is 340 g/mol. The third-order valence-corrected chi connectivity index (χ3v) is 5.01. The van der Waals surface area contributed by atoms with Gasteiger partial charge in [-0.1, -0.05) is 29.8 Å². The molecule has 124 valence electrons. The van der Waals surface area contributed by atoms with Crippen molar-refractivity contribution in [3.8, 4) is 6.07 Å². The molecule has 0 radical (unpaired) electrons. The van der Waals surface area contributed by atoms with Gasteiger partial charge in [-0.2, -0.15) is 5.26 Å². The third kappa shape index (κ3) is 3.95. The van der Waals surface area contributed by atoms with E-state index in [1.54, 1.807) is 6.20 Å². The average Bonchev–Trinajstić information content (AvgIpc) is 3.14. The molecule has 1 fully saturated rings. The van der Waals surface area contributed by atoms with Gasteiger partial charge in [-0.05, 0) is 61.4 Å². The first-order valence-electron chi connectivity index (χ1n) is 8.40. The molecule has 3 nitrogen and oxygen atoms in total. The SMILES string of the molecule is N#CC(CCC1CCCO1)(Cc1cccnc1)c1ccc(Cl)cc1. The number of hydrogen-bond acceptors (Lipinski definition) is 3. The highest BCUT2D eigenvalue weighted by atomic mass is 35.5. The van der Waals surface area contributed by atoms with E-state index >= 15 is 0 Å². The Morgan fingerprint density at radius 1 is 1.29 bits per heavy atom. The van der Waals surface area contributed by atoms with E-state index in [-0.39, 0.29) is 6.10 Å². The molecular formula is C20H21ClN2O. The lowest BCUT2D eigenvalue weighted by molar-refractivity contribution is 0.0981. The molecular weight excluding hydrogens is 320 g/mol. The number of nitrogens with zero attached hydrogens (tertiary/aromatic N) is 2. The largest absolute Gasteiger partial charge is 0.378 e. The summed E-state index contributed by atoms with van der Waals surface area (Å²) in [6.07, 6.45) is 8.40. The summed E-state index contributed by atoms with van der Waals surface area (Å²) in [5, 5.41) is 10.8. The number of ether oxygens (including phenoxy) is 1. The van der Waals surface area contributed by atoms with Gasteiger partial charge in [0.25, 0.3) is 0 Å². The van der Waals surface area contributed by atoms with Crippen LogP contribution in [-0.2, 0) is 16.6 Å². The summed E-state index contributed by atoms with van der Waals surface area (Å²) in [4.78, 5) is 4.19. The zero-order valence-electron chi connectivity index (χ0n) is 13.6. The summed E-state index contributed by atoms with van der Waals surface area (Å²) in [6.45, 7) is 0.841. The van der Waals surface area contributed by atoms with Crippen LogP contribution in [0.25, 0.3) is 0 Å². The maximum Gasteiger partial charge on any atom is 0.0864 e. The fourth-order valence-electron chi connectivity index (χ4n) is 3.39. The van der Waals surface area contributed by atoms with Crippen LogP contribution in [0.5, 0.6) is 0 Å². The predicted molar refractivity (Wildman–Crippen MR) is 94.9 cm³/mol. The maximum absolute atomic E-state index is 10.1. The molecule has 24 heavy (non-hydrogen) atoms. The van der Waals surface area contributed by atoms with Crippen LogP contribution in [0.15, 0.2) is 48.8 Å². The smallest absolute Gasteiger partial charge is 0.0864 e. The van der Waals surface area contributed by atoms with Crippen LogP contribution in [0.2, 0.25) is 5.02 Å². The molecule has 2 aromatic rings. The van der Waals surface area contributed by atoms with E-state index in [4.69, 9.17) is 16.3 Å². The van der Waals surface area contributed by atoms with Gasteiger partial charge < -0.3 is 4.74 Å². The van der Waals surface area contributed by atoms with E-state index in [2.05, 4.69) is 11.1 Å². The molecule has 1 aliphatic heterocycles. The number of benzene rings is 1. The van der Waals surface area contributed by atoms with Crippen LogP contribution in [0, 0.1) is 11.3 Å². The summed E-state index contributed by atoms with van der Waals surface area (Å²) in [7, 11) is 0. The molecule has 4 heteroatoms. The highest BCUT2D eigenvalue weighted by Crippen LogP contribution is 2.35. The molecule has 0 bridgehead atoms. The fourth-order valence-corrected chi connectivity index (χ4v) is 3.52. The van der Waals surface area contributed by atoms with Crippen LogP contribution >= 0.6 is 11.6 Å². The van der Waals surface area contributed by atoms with Gasteiger partial charge in [-0.25, -0.2) is 0 Å². The van der Waals surface area contributed by atoms with Crippen LogP contribution in [0.3, 0.4) is 0 Å². The zero-order valence-corrected chi connectivity index (χ0v) is 14.4. The Labute approximate surface area is 148 Å². The van der Waals surface area contributed by atoms with Crippen LogP contribution in [0.4, 0.5) is 0 Å². The molecule has 2 unspecified atom stereocenters. The third-order valence-electron chi connectivity index (χ3n) is 4.76. The second kappa shape index (κ2) is 7.79. The van der Waals surface area contributed by atoms with Crippen molar-refractivity contribution in [2.45, 2.75) is 43.6 Å². The second-order valence-corrected chi connectivity index (χ2v) is 6.85. The van der Waals surface area contributed by atoms with Gasteiger partial charge in [-0.3, -0.25) is 4.98 Å². The molecule has 1 saturated heterocycles. The molecule has 3 rings (SSSR count). The van der Waals surface area contributed by atoms with Crippen LogP contribution in [-0.4, -0.2) is 17.7 Å². The lowest BCUT2D eigenvalue weighted by atomic mass is 9.73. The highest BCUT2D eigenvalue weighted by molar-refractivity contribution is 6.30. The second-order valence-electron chi connectivity index (χ2n) is 6.41. The van der Waals surface area contributed by atoms with Crippen molar-refractivity contribution in [1.82, 2.24) is 4.98 Å². The first kappa shape index (κ1) is 17.0. The topological polar surface area (TPSA) is 45.9 Å². The fraction of sp³-hybridized carbons (Fsp3) is 0.400. The molecule has 0 spiro atoms. The van der Waals surface area contributed by atoms with E-state index in [1.807, 2.05) is 42.6 Å². The zero-order chi connectivity index (χ0) is 16.8. The average molecular weight is 341 g/mol. The summed E-state index contributed by atoms with van der Waals surface area (Å²) in [5.74, 6) is 0. The van der Waals surface area contributed by atoms with E-state index in [9.17, 15) is 5.26 Å². The van der Waals surface area contributed by atoms with Gasteiger partial charge >= 0.3 is 0 Å². The number of pyridine rings is 1. The quantitative estimate of drug-likeness (QED) is 0.765. The number of nitriles is 1. The Bertz CT molecular complexity index is 690. The number of rotatable bonds is 6. The van der Waals surface area contributed by atoms with Crippen molar-refractivity contribution >= 4 is 11.6 Å². The number of aromatic nitrogens is 1. The Morgan fingerprint density at radius 2 is 2.12 bits per heavy atom. The predicted octanol–water partition coefficient (Wildman–Crippen LogP) is 4.70. The molecule has 0 aliphatic carbocycles. The molecule has 1 aromatic carbocycles. The standard InChI is InChI=1S/C20H21ClN2O/c21-18-7-5-17(6-8-18)20(15-22,10-9-19-4-2-12-24-19)13-16-3-1-11-23-14-16/h1,3,5-8,11,14,19H,2,4,9-10,12-13H2. The van der Waals surface area contributed by atoms with Gasteiger partial charge in [0.15, 0.2) is 0 Å². The van der Waals surface area contributed by atoms with Gasteiger partial charge in [-0.15, -0.1) is 0 Å². The van der Waals surface area contributed by atoms with E-state index < -0.39 is 5.41 Å². The molecule has 1 aliphatic rings. The van der Waals surface area contributed by atoms with Crippen LogP contribution in [0.1, 0.15) is 36.8 Å². The van der Waals surface area contributed by atoms with Crippen molar-refractivity contribution in [1.29, 1.82) is 5.26 Å². The van der Waals surface area contributed by atoms with Crippen molar-refractivity contribution in [3.05, 3.63) is 64.9 Å². The Morgan fingerprint density at radius 3 is 2.75 bits per heavy atom. The Balaban J connectivity index is 1.88. The van der Waals surface area contributed by atoms with Gasteiger partial charge in [0.05, 0.1) is 17.6 Å². The van der Waals surface area contributed by atoms with E-state index in [0.717, 1.165) is 43.4 Å². The molecule has 1 aromatic heterocycles. The summed E-state index contributed by atoms with van der Waals surface area (Å²) < 4.78 is 5.76. The first-order valence-corrected chi connectivity index (χ1v) is 8.77. The molecule has 2 atom stereocenters. The highest BCUT2D eigenvalue weighted by Gasteiger charge is 2.34. The molecule has 0 saturated carbocycles. The Hall–Kier alpha value is -1.89. The molecule has 2 heterocycles. The molecule has 0 N–H and O–H groups in total. The van der Waals surface area contributed by atoms with Crippen LogP contribution < -0.4 is 0 Å². The van der Waals surface area contributed by atoms with E-state index in [1.165, 1.54) is 0 Å². The minimum atomic E-state index is -0.584. The number of hydrogen-bond donors (Lipinski definition) is 0. The number of halogens is 1. The normalized spacial score (nSPS) is 19.6. The summed E-state index contributed by atoms with van der Waals surface area (Å²) in [5.41, 5.74) is 1.50. The van der Waals surface area contributed by atoms with Crippen molar-refractivity contribution in [2.24, 2.45) is 0 Å². The lowest BCUT2D eigenvalue weighted by Gasteiger charge is -2.28. The van der Waals surface area contributed by atoms with Crippen molar-refractivity contribution in [3.63, 3.8) is 0 Å². The van der Waals surface area contributed by atoms with Gasteiger partial charge in [0.1, 0.15) is 0 Å². The van der Waals surface area contributed by atoms with E-state index in [0.29, 0.717) is 11.4 Å². The van der Waals surface area contributed by atoms with Gasteiger partial charge in [0.2, 0.25) is 0 Å². The van der Waals surface area contributed by atoms with Crippen molar-refractivity contribution in [2.75, 3.05) is 6.61 Å².